The zero-order valence-electron chi connectivity index (χ0n) is 27.8. The van der Waals surface area contributed by atoms with Gasteiger partial charge in [-0.15, -0.1) is 11.3 Å². The number of benzene rings is 7. The molecule has 0 saturated heterocycles. The summed E-state index contributed by atoms with van der Waals surface area (Å²) >= 11 is 1.67. The number of rotatable bonds is 3. The number of para-hydroxylation sites is 3. The van der Waals surface area contributed by atoms with E-state index in [0.29, 0.717) is 5.92 Å². The van der Waals surface area contributed by atoms with Crippen LogP contribution >= 0.6 is 11.3 Å². The van der Waals surface area contributed by atoms with Gasteiger partial charge in [-0.1, -0.05) is 105 Å². The summed E-state index contributed by atoms with van der Waals surface area (Å²) < 4.78 is 8.80. The van der Waals surface area contributed by atoms with Gasteiger partial charge >= 0.3 is 0 Å². The van der Waals surface area contributed by atoms with Crippen LogP contribution in [0.4, 0.5) is 17.1 Å². The van der Waals surface area contributed by atoms with Crippen LogP contribution in [-0.2, 0) is 0 Å². The summed E-state index contributed by atoms with van der Waals surface area (Å²) in [6.07, 6.45) is 0. The summed E-state index contributed by atoms with van der Waals surface area (Å²) in [7, 11) is 0. The normalized spacial score (nSPS) is 12.2. The second kappa shape index (κ2) is 12.2. The van der Waals surface area contributed by atoms with Crippen LogP contribution in [0.2, 0.25) is 0 Å². The Morgan fingerprint density at radius 1 is 0.520 bits per heavy atom. The fourth-order valence-electron chi connectivity index (χ4n) is 7.09. The smallest absolute Gasteiger partial charge is 0.195 e. The lowest BCUT2D eigenvalue weighted by molar-refractivity contribution is 0.486. The largest absolute Gasteiger partial charge is 0.456 e. The fraction of sp³-hybridized carbons (Fsp3) is 0.0652. The maximum absolute atomic E-state index is 13.3. The quantitative estimate of drug-likeness (QED) is 0.176. The van der Waals surface area contributed by atoms with Gasteiger partial charge < -0.3 is 9.64 Å². The molecule has 0 N–H and O–H groups in total. The molecular formula is C46H33NO2S. The molecule has 1 aliphatic heterocycles. The summed E-state index contributed by atoms with van der Waals surface area (Å²) in [5.41, 5.74) is 11.0. The number of hydrogen-bond donors (Lipinski definition) is 0. The van der Waals surface area contributed by atoms with E-state index in [-0.39, 0.29) is 5.43 Å². The van der Waals surface area contributed by atoms with Crippen molar-refractivity contribution in [1.29, 1.82) is 0 Å². The highest BCUT2D eigenvalue weighted by molar-refractivity contribution is 7.24. The van der Waals surface area contributed by atoms with E-state index in [1.165, 1.54) is 5.56 Å². The van der Waals surface area contributed by atoms with Crippen molar-refractivity contribution in [2.24, 2.45) is 0 Å². The van der Waals surface area contributed by atoms with E-state index in [1.54, 1.807) is 11.3 Å². The van der Waals surface area contributed by atoms with Crippen molar-refractivity contribution in [2.45, 2.75) is 19.8 Å². The van der Waals surface area contributed by atoms with Gasteiger partial charge in [-0.2, -0.15) is 0 Å². The Hall–Kier alpha value is -5.97. The summed E-state index contributed by atoms with van der Waals surface area (Å²) in [6, 6.07) is 54.9. The van der Waals surface area contributed by atoms with Gasteiger partial charge in [-0.3, -0.25) is 4.79 Å². The second-order valence-electron chi connectivity index (χ2n) is 13.1. The predicted molar refractivity (Wildman–Crippen MR) is 211 cm³/mol. The SMILES string of the molecule is CC(C)c1ccc2c(c1)-c1ccccc1N(c1ccc(-c3ccc4c(=O)c5ccccc5sc4c3)cc1)c1ccccc1-c1ccccc1O2. The molecule has 0 aliphatic carbocycles. The third-order valence-corrected chi connectivity index (χ3v) is 10.8. The van der Waals surface area contributed by atoms with Gasteiger partial charge in [0.1, 0.15) is 11.5 Å². The molecular weight excluding hydrogens is 631 g/mol. The van der Waals surface area contributed by atoms with Gasteiger partial charge in [0, 0.05) is 48.1 Å². The summed E-state index contributed by atoms with van der Waals surface area (Å²) in [6.45, 7) is 4.46. The highest BCUT2D eigenvalue weighted by Crippen LogP contribution is 2.50. The van der Waals surface area contributed by atoms with E-state index in [9.17, 15) is 4.79 Å². The Balaban J connectivity index is 1.24. The maximum atomic E-state index is 13.3. The van der Waals surface area contributed by atoms with Crippen LogP contribution in [0.15, 0.2) is 163 Å². The van der Waals surface area contributed by atoms with Crippen LogP contribution in [0, 0.1) is 0 Å². The van der Waals surface area contributed by atoms with Gasteiger partial charge in [0.25, 0.3) is 0 Å². The Morgan fingerprint density at radius 3 is 1.88 bits per heavy atom. The first-order valence-corrected chi connectivity index (χ1v) is 17.8. The van der Waals surface area contributed by atoms with E-state index in [0.717, 1.165) is 82.1 Å². The third kappa shape index (κ3) is 5.08. The summed E-state index contributed by atoms with van der Waals surface area (Å²) in [4.78, 5) is 15.6. The molecule has 1 aliphatic rings. The van der Waals surface area contributed by atoms with Gasteiger partial charge in [-0.25, -0.2) is 0 Å². The van der Waals surface area contributed by atoms with Crippen molar-refractivity contribution in [2.75, 3.05) is 4.90 Å². The van der Waals surface area contributed by atoms with Crippen molar-refractivity contribution in [3.05, 3.63) is 174 Å². The molecule has 0 radical (unpaired) electrons. The Kier molecular flexibility index (Phi) is 7.33. The molecule has 8 aromatic rings. The molecule has 50 heavy (non-hydrogen) atoms. The third-order valence-electron chi connectivity index (χ3n) is 9.68. The number of nitrogens with zero attached hydrogens (tertiary/aromatic N) is 1. The molecule has 9 rings (SSSR count). The van der Waals surface area contributed by atoms with Crippen molar-refractivity contribution in [1.82, 2.24) is 0 Å². The van der Waals surface area contributed by atoms with E-state index >= 15 is 0 Å². The van der Waals surface area contributed by atoms with Gasteiger partial charge in [0.2, 0.25) is 0 Å². The van der Waals surface area contributed by atoms with Crippen LogP contribution in [0.3, 0.4) is 0 Å². The minimum atomic E-state index is 0.0893. The van der Waals surface area contributed by atoms with Gasteiger partial charge in [0.15, 0.2) is 5.43 Å². The van der Waals surface area contributed by atoms with Crippen molar-refractivity contribution < 1.29 is 4.74 Å². The lowest BCUT2D eigenvalue weighted by atomic mass is 9.93. The Bertz CT molecular complexity index is 2640. The monoisotopic (exact) mass is 663 g/mol. The molecule has 0 unspecified atom stereocenters. The first-order valence-electron chi connectivity index (χ1n) is 17.0. The number of anilines is 3. The highest BCUT2D eigenvalue weighted by Gasteiger charge is 2.25. The predicted octanol–water partition coefficient (Wildman–Crippen LogP) is 13.1. The van der Waals surface area contributed by atoms with Gasteiger partial charge in [-0.05, 0) is 89.3 Å². The molecule has 0 bridgehead atoms. The standard InChI is InChI=1S/C46H33NO2S/c1-29(2)31-22-26-43-39(27-31)35-12-4-8-16-41(35)47(40-15-7-3-11-34(40)36-13-5-9-17-42(36)49-43)33-23-19-30(20-24-33)32-21-25-38-45(28-32)50-44-18-10-6-14-37(44)46(38)48/h3-29H,1-2H3. The lowest BCUT2D eigenvalue weighted by Crippen LogP contribution is -2.13. The van der Waals surface area contributed by atoms with Crippen molar-refractivity contribution in [3.8, 4) is 44.9 Å². The Labute approximate surface area is 295 Å². The van der Waals surface area contributed by atoms with Crippen molar-refractivity contribution in [3.63, 3.8) is 0 Å². The maximum Gasteiger partial charge on any atom is 0.195 e. The second-order valence-corrected chi connectivity index (χ2v) is 14.1. The minimum absolute atomic E-state index is 0.0893. The van der Waals surface area contributed by atoms with Crippen LogP contribution in [0.5, 0.6) is 11.5 Å². The topological polar surface area (TPSA) is 29.5 Å². The van der Waals surface area contributed by atoms with E-state index in [2.05, 4.69) is 140 Å². The molecule has 0 spiro atoms. The minimum Gasteiger partial charge on any atom is -0.456 e. The van der Waals surface area contributed by atoms with Crippen LogP contribution in [0.1, 0.15) is 25.3 Å². The molecule has 4 heteroatoms. The molecule has 7 aromatic carbocycles. The zero-order valence-corrected chi connectivity index (χ0v) is 28.6. The molecule has 0 amide bonds. The van der Waals surface area contributed by atoms with E-state index in [1.807, 2.05) is 36.4 Å². The first kappa shape index (κ1) is 30.1. The average molecular weight is 664 g/mol. The van der Waals surface area contributed by atoms with E-state index < -0.39 is 0 Å². The van der Waals surface area contributed by atoms with Crippen LogP contribution < -0.4 is 15.1 Å². The summed E-state index contributed by atoms with van der Waals surface area (Å²) in [5, 5.41) is 1.54. The van der Waals surface area contributed by atoms with Crippen molar-refractivity contribution >= 4 is 48.6 Å². The lowest BCUT2D eigenvalue weighted by Gasteiger charge is -2.31. The molecule has 2 heterocycles. The van der Waals surface area contributed by atoms with Gasteiger partial charge in [0.05, 0.1) is 11.4 Å². The molecule has 240 valence electrons. The average Bonchev–Trinajstić information content (AvgIpc) is 3.16. The molecule has 0 atom stereocenters. The molecule has 0 saturated carbocycles. The Morgan fingerprint density at radius 2 is 1.12 bits per heavy atom. The molecule has 0 fully saturated rings. The fourth-order valence-corrected chi connectivity index (χ4v) is 8.20. The highest BCUT2D eigenvalue weighted by atomic mass is 32.1. The summed E-state index contributed by atoms with van der Waals surface area (Å²) in [5.74, 6) is 2.02. The molecule has 3 nitrogen and oxygen atoms in total. The van der Waals surface area contributed by atoms with Crippen LogP contribution in [0.25, 0.3) is 53.6 Å². The zero-order chi connectivity index (χ0) is 33.8. The molecule has 1 aromatic heterocycles. The number of ether oxygens (including phenoxy) is 1. The van der Waals surface area contributed by atoms with E-state index in [4.69, 9.17) is 4.74 Å². The van der Waals surface area contributed by atoms with Crippen LogP contribution in [-0.4, -0.2) is 0 Å². The number of hydrogen-bond acceptors (Lipinski definition) is 4. The number of fused-ring (bicyclic) bond motifs is 8. The first-order chi connectivity index (χ1) is 24.5.